The summed E-state index contributed by atoms with van der Waals surface area (Å²) in [7, 11) is 0. The predicted molar refractivity (Wildman–Crippen MR) is 111 cm³/mol. The lowest BCUT2D eigenvalue weighted by molar-refractivity contribution is -0.137. The van der Waals surface area contributed by atoms with Crippen LogP contribution in [0.1, 0.15) is 44.9 Å². The van der Waals surface area contributed by atoms with Crippen LogP contribution in [0, 0.1) is 11.8 Å². The van der Waals surface area contributed by atoms with Crippen molar-refractivity contribution in [3.05, 3.63) is 41.4 Å². The van der Waals surface area contributed by atoms with Crippen molar-refractivity contribution in [2.75, 3.05) is 6.61 Å². The lowest BCUT2D eigenvalue weighted by Gasteiger charge is -2.21. The first-order valence-electron chi connectivity index (χ1n) is 10.2. The highest BCUT2D eigenvalue weighted by Crippen LogP contribution is 2.37. The molecule has 7 heteroatoms. The molecule has 1 aromatic carbocycles. The smallest absolute Gasteiger partial charge is 0.303 e. The number of carbonyl (C=O) groups is 1. The van der Waals surface area contributed by atoms with E-state index in [2.05, 4.69) is 0 Å². The number of aliphatic hydroxyl groups is 3. The van der Waals surface area contributed by atoms with Crippen molar-refractivity contribution < 1.29 is 30.0 Å². The zero-order valence-electron chi connectivity index (χ0n) is 16.5. The Labute approximate surface area is 176 Å². The molecule has 4 N–H and O–H groups in total. The van der Waals surface area contributed by atoms with E-state index in [0.29, 0.717) is 23.6 Å². The Bertz CT molecular complexity index is 664. The van der Waals surface area contributed by atoms with Crippen molar-refractivity contribution in [1.29, 1.82) is 0 Å². The van der Waals surface area contributed by atoms with Gasteiger partial charge in [0, 0.05) is 23.8 Å². The summed E-state index contributed by atoms with van der Waals surface area (Å²) in [5.74, 6) is -0.490. The number of benzene rings is 1. The lowest BCUT2D eigenvalue weighted by atomic mass is 9.88. The Balaban J connectivity index is 1.78. The summed E-state index contributed by atoms with van der Waals surface area (Å²) in [6, 6.07) is 6.93. The van der Waals surface area contributed by atoms with Crippen LogP contribution in [0.3, 0.4) is 0 Å². The van der Waals surface area contributed by atoms with Gasteiger partial charge in [-0.3, -0.25) is 4.79 Å². The summed E-state index contributed by atoms with van der Waals surface area (Å²) in [6.45, 7) is 0.0659. The van der Waals surface area contributed by atoms with Crippen molar-refractivity contribution in [2.45, 2.75) is 63.3 Å². The second kappa shape index (κ2) is 12.2. The van der Waals surface area contributed by atoms with Crippen LogP contribution in [-0.2, 0) is 4.79 Å². The molecule has 1 fully saturated rings. The Morgan fingerprint density at radius 2 is 1.97 bits per heavy atom. The minimum absolute atomic E-state index is 0.0659. The van der Waals surface area contributed by atoms with Crippen molar-refractivity contribution in [2.24, 2.45) is 11.8 Å². The number of carboxylic acids is 1. The first kappa shape index (κ1) is 23.7. The molecule has 0 saturated heterocycles. The number of unbranched alkanes of at least 4 members (excludes halogenated alkanes) is 3. The zero-order chi connectivity index (χ0) is 21.2. The topological polar surface area (TPSA) is 107 Å². The van der Waals surface area contributed by atoms with E-state index in [1.54, 1.807) is 36.4 Å². The van der Waals surface area contributed by atoms with E-state index in [-0.39, 0.29) is 24.9 Å². The fourth-order valence-corrected chi connectivity index (χ4v) is 4.02. The molecular weight excluding hydrogens is 396 g/mol. The average Bonchev–Trinajstić information content (AvgIpc) is 2.93. The molecule has 0 bridgehead atoms. The molecule has 0 aliphatic heterocycles. The summed E-state index contributed by atoms with van der Waals surface area (Å²) < 4.78 is 5.52. The third-order valence-corrected chi connectivity index (χ3v) is 5.60. The molecule has 1 aromatic rings. The van der Waals surface area contributed by atoms with Gasteiger partial charge in [-0.1, -0.05) is 49.1 Å². The van der Waals surface area contributed by atoms with Crippen LogP contribution < -0.4 is 4.74 Å². The second-order valence-electron chi connectivity index (χ2n) is 7.68. The fourth-order valence-electron chi connectivity index (χ4n) is 3.84. The van der Waals surface area contributed by atoms with Gasteiger partial charge in [-0.05, 0) is 37.0 Å². The van der Waals surface area contributed by atoms with E-state index in [0.717, 1.165) is 25.7 Å². The van der Waals surface area contributed by atoms with Crippen molar-refractivity contribution in [3.63, 3.8) is 0 Å². The number of halogens is 1. The summed E-state index contributed by atoms with van der Waals surface area (Å²) in [5.41, 5.74) is 0. The number of aliphatic hydroxyl groups excluding tert-OH is 3. The third kappa shape index (κ3) is 8.34. The molecule has 162 valence electrons. The molecule has 5 atom stereocenters. The van der Waals surface area contributed by atoms with Gasteiger partial charge >= 0.3 is 5.97 Å². The third-order valence-electron chi connectivity index (χ3n) is 5.37. The Hall–Kier alpha value is -1.60. The number of hydrogen-bond acceptors (Lipinski definition) is 5. The van der Waals surface area contributed by atoms with Crippen LogP contribution in [0.5, 0.6) is 5.75 Å². The normalized spacial score (nSPS) is 25.4. The van der Waals surface area contributed by atoms with Gasteiger partial charge in [0.25, 0.3) is 0 Å². The Morgan fingerprint density at radius 3 is 2.69 bits per heavy atom. The summed E-state index contributed by atoms with van der Waals surface area (Å²) in [4.78, 5) is 10.5. The zero-order valence-corrected chi connectivity index (χ0v) is 17.2. The highest BCUT2D eigenvalue weighted by Gasteiger charge is 2.39. The van der Waals surface area contributed by atoms with Crippen LogP contribution in [0.15, 0.2) is 36.4 Å². The molecule has 2 rings (SSSR count). The van der Waals surface area contributed by atoms with Crippen LogP contribution >= 0.6 is 11.6 Å². The minimum atomic E-state index is -0.837. The average molecular weight is 427 g/mol. The monoisotopic (exact) mass is 426 g/mol. The second-order valence-corrected chi connectivity index (χ2v) is 8.12. The highest BCUT2D eigenvalue weighted by molar-refractivity contribution is 6.30. The summed E-state index contributed by atoms with van der Waals surface area (Å²) in [6.07, 6.45) is 5.89. The van der Waals surface area contributed by atoms with E-state index in [9.17, 15) is 20.1 Å². The van der Waals surface area contributed by atoms with Crippen LogP contribution in [0.4, 0.5) is 0 Å². The molecule has 0 aromatic heterocycles. The molecule has 0 spiro atoms. The molecule has 1 aliphatic rings. The molecule has 0 heterocycles. The van der Waals surface area contributed by atoms with E-state index in [1.807, 2.05) is 0 Å². The van der Waals surface area contributed by atoms with Gasteiger partial charge in [0.05, 0.1) is 12.2 Å². The SMILES string of the molecule is O=C(O)CCCCCC[C@@H]1[C@@H](/C=C/[C@@H](O)COc2cccc(Cl)c2)[C@H](O)C[C@@H]1O. The van der Waals surface area contributed by atoms with Crippen LogP contribution in [0.2, 0.25) is 5.02 Å². The van der Waals surface area contributed by atoms with Gasteiger partial charge in [0.2, 0.25) is 0 Å². The molecular formula is C22H31ClO6. The number of hydrogen-bond donors (Lipinski definition) is 4. The van der Waals surface area contributed by atoms with Crippen molar-refractivity contribution in [3.8, 4) is 5.75 Å². The molecule has 0 amide bonds. The molecule has 1 aliphatic carbocycles. The van der Waals surface area contributed by atoms with Gasteiger partial charge in [0.1, 0.15) is 18.5 Å². The van der Waals surface area contributed by atoms with E-state index >= 15 is 0 Å². The number of ether oxygens (including phenoxy) is 1. The highest BCUT2D eigenvalue weighted by atomic mass is 35.5. The maximum absolute atomic E-state index is 10.5. The maximum Gasteiger partial charge on any atom is 0.303 e. The van der Waals surface area contributed by atoms with Gasteiger partial charge in [-0.15, -0.1) is 0 Å². The van der Waals surface area contributed by atoms with Crippen LogP contribution in [0.25, 0.3) is 0 Å². The lowest BCUT2D eigenvalue weighted by Crippen LogP contribution is -2.22. The summed E-state index contributed by atoms with van der Waals surface area (Å²) in [5, 5.41) is 39.9. The quantitative estimate of drug-likeness (QED) is 0.301. The number of aliphatic carboxylic acids is 1. The fraction of sp³-hybridized carbons (Fsp3) is 0.591. The molecule has 29 heavy (non-hydrogen) atoms. The minimum Gasteiger partial charge on any atom is -0.491 e. The Morgan fingerprint density at radius 1 is 1.21 bits per heavy atom. The van der Waals surface area contributed by atoms with E-state index < -0.39 is 24.3 Å². The van der Waals surface area contributed by atoms with Crippen molar-refractivity contribution >= 4 is 17.6 Å². The first-order chi connectivity index (χ1) is 13.9. The molecule has 0 radical (unpaired) electrons. The van der Waals surface area contributed by atoms with Gasteiger partial charge in [-0.25, -0.2) is 0 Å². The van der Waals surface area contributed by atoms with E-state index in [4.69, 9.17) is 21.4 Å². The molecule has 6 nitrogen and oxygen atoms in total. The Kier molecular flexibility index (Phi) is 9.94. The number of carboxylic acid groups (broad SMARTS) is 1. The first-order valence-corrected chi connectivity index (χ1v) is 10.6. The van der Waals surface area contributed by atoms with Gasteiger partial charge < -0.3 is 25.2 Å². The van der Waals surface area contributed by atoms with Crippen LogP contribution in [-0.4, -0.2) is 51.3 Å². The number of rotatable bonds is 12. The largest absolute Gasteiger partial charge is 0.491 e. The predicted octanol–water partition coefficient (Wildman–Crippen LogP) is 3.42. The summed E-state index contributed by atoms with van der Waals surface area (Å²) >= 11 is 5.90. The standard InChI is InChI=1S/C22H31ClO6/c23-15-6-5-7-17(12-15)29-14-16(24)10-11-19-18(20(25)13-21(19)26)8-3-1-2-4-9-22(27)28/h5-7,10-12,16,18-21,24-26H,1-4,8-9,13-14H2,(H,27,28)/b11-10+/t16-,18-,19-,20+,21-/m1/s1. The maximum atomic E-state index is 10.5. The van der Waals surface area contributed by atoms with Gasteiger partial charge in [-0.2, -0.15) is 0 Å². The van der Waals surface area contributed by atoms with Gasteiger partial charge in [0.15, 0.2) is 0 Å². The molecule has 1 saturated carbocycles. The van der Waals surface area contributed by atoms with Crippen molar-refractivity contribution in [1.82, 2.24) is 0 Å². The molecule has 0 unspecified atom stereocenters. The van der Waals surface area contributed by atoms with E-state index in [1.165, 1.54) is 0 Å².